The van der Waals surface area contributed by atoms with Crippen molar-refractivity contribution in [3.63, 3.8) is 0 Å². The van der Waals surface area contributed by atoms with E-state index in [1.165, 1.54) is 18.7 Å². The van der Waals surface area contributed by atoms with E-state index < -0.39 is 5.60 Å². The molecule has 0 saturated heterocycles. The normalized spacial score (nSPS) is 11.4. The van der Waals surface area contributed by atoms with Gasteiger partial charge in [-0.3, -0.25) is 4.79 Å². The molecule has 78 valence electrons. The van der Waals surface area contributed by atoms with Crippen molar-refractivity contribution in [3.05, 3.63) is 24.2 Å². The predicted molar refractivity (Wildman–Crippen MR) is 51.5 cm³/mol. The van der Waals surface area contributed by atoms with E-state index in [2.05, 4.69) is 0 Å². The minimum atomic E-state index is -1.32. The van der Waals surface area contributed by atoms with Crippen LogP contribution < -0.4 is 0 Å². The predicted octanol–water partition coefficient (Wildman–Crippen LogP) is 1.01. The molecule has 0 atom stereocenters. The molecule has 1 aromatic heterocycles. The molecule has 0 bridgehead atoms. The van der Waals surface area contributed by atoms with Gasteiger partial charge in [0.15, 0.2) is 0 Å². The molecule has 0 aliphatic heterocycles. The summed E-state index contributed by atoms with van der Waals surface area (Å²) >= 11 is 0. The van der Waals surface area contributed by atoms with Gasteiger partial charge in [-0.05, 0) is 19.9 Å². The van der Waals surface area contributed by atoms with Crippen LogP contribution in [-0.2, 0) is 11.3 Å². The lowest BCUT2D eigenvalue weighted by Crippen LogP contribution is -2.42. The maximum absolute atomic E-state index is 11.5. The van der Waals surface area contributed by atoms with Crippen LogP contribution in [0.25, 0.3) is 0 Å². The van der Waals surface area contributed by atoms with E-state index in [-0.39, 0.29) is 5.91 Å². The fraction of sp³-hybridized carbons (Fsp3) is 0.500. The first-order valence-corrected chi connectivity index (χ1v) is 4.40. The molecule has 0 spiro atoms. The maximum Gasteiger partial charge on any atom is 0.253 e. The molecule has 0 saturated carbocycles. The summed E-state index contributed by atoms with van der Waals surface area (Å²) in [6, 6.07) is 1.79. The molecule has 0 aromatic carbocycles. The van der Waals surface area contributed by atoms with E-state index >= 15 is 0 Å². The molecule has 1 amide bonds. The summed E-state index contributed by atoms with van der Waals surface area (Å²) in [5.74, 6) is -0.307. The topological polar surface area (TPSA) is 53.7 Å². The molecule has 0 unspecified atom stereocenters. The maximum atomic E-state index is 11.5. The monoisotopic (exact) mass is 197 g/mol. The average Bonchev–Trinajstić information content (AvgIpc) is 2.53. The van der Waals surface area contributed by atoms with Gasteiger partial charge in [0.1, 0.15) is 5.60 Å². The number of rotatable bonds is 3. The highest BCUT2D eigenvalue weighted by Crippen LogP contribution is 2.10. The number of hydrogen-bond acceptors (Lipinski definition) is 3. The molecule has 4 heteroatoms. The van der Waals surface area contributed by atoms with Gasteiger partial charge in [-0.15, -0.1) is 0 Å². The van der Waals surface area contributed by atoms with Gasteiger partial charge in [-0.2, -0.15) is 0 Å². The summed E-state index contributed by atoms with van der Waals surface area (Å²) in [5, 5.41) is 9.47. The Hall–Kier alpha value is -1.29. The van der Waals surface area contributed by atoms with Gasteiger partial charge in [-0.25, -0.2) is 0 Å². The quantitative estimate of drug-likeness (QED) is 0.786. The summed E-state index contributed by atoms with van der Waals surface area (Å²) in [5.41, 5.74) is -0.413. The number of furan rings is 1. The van der Waals surface area contributed by atoms with Crippen molar-refractivity contribution in [1.82, 2.24) is 4.90 Å². The van der Waals surface area contributed by atoms with E-state index in [0.717, 1.165) is 5.56 Å². The third-order valence-electron chi connectivity index (χ3n) is 1.87. The largest absolute Gasteiger partial charge is 0.472 e. The Labute approximate surface area is 83.1 Å². The Morgan fingerprint density at radius 3 is 2.71 bits per heavy atom. The van der Waals surface area contributed by atoms with Gasteiger partial charge in [0.05, 0.1) is 12.5 Å². The summed E-state index contributed by atoms with van der Waals surface area (Å²) in [4.78, 5) is 13.0. The second-order valence-corrected chi connectivity index (χ2v) is 3.85. The third kappa shape index (κ3) is 2.60. The molecule has 0 aliphatic rings. The van der Waals surface area contributed by atoms with Crippen molar-refractivity contribution in [3.8, 4) is 0 Å². The first kappa shape index (κ1) is 10.8. The summed E-state index contributed by atoms with van der Waals surface area (Å²) in [6.45, 7) is 3.39. The SMILES string of the molecule is CN(Cc1ccoc1)C(=O)C(C)(C)O. The van der Waals surface area contributed by atoms with E-state index in [0.29, 0.717) is 6.54 Å². The van der Waals surface area contributed by atoms with Gasteiger partial charge in [0.25, 0.3) is 5.91 Å². The van der Waals surface area contributed by atoms with Crippen LogP contribution in [0.1, 0.15) is 19.4 Å². The van der Waals surface area contributed by atoms with E-state index in [1.54, 1.807) is 25.6 Å². The Morgan fingerprint density at radius 2 is 2.29 bits per heavy atom. The Morgan fingerprint density at radius 1 is 1.64 bits per heavy atom. The van der Waals surface area contributed by atoms with Crippen LogP contribution >= 0.6 is 0 Å². The third-order valence-corrected chi connectivity index (χ3v) is 1.87. The lowest BCUT2D eigenvalue weighted by atomic mass is 10.1. The Bertz CT molecular complexity index is 298. The number of carbonyl (C=O) groups is 1. The molecular weight excluding hydrogens is 182 g/mol. The van der Waals surface area contributed by atoms with Crippen LogP contribution in [0.5, 0.6) is 0 Å². The second kappa shape index (κ2) is 3.84. The molecule has 4 nitrogen and oxygen atoms in total. The highest BCUT2D eigenvalue weighted by Gasteiger charge is 2.27. The number of carbonyl (C=O) groups excluding carboxylic acids is 1. The number of nitrogens with zero attached hydrogens (tertiary/aromatic N) is 1. The zero-order valence-corrected chi connectivity index (χ0v) is 8.65. The number of amides is 1. The van der Waals surface area contributed by atoms with Gasteiger partial charge in [-0.1, -0.05) is 0 Å². The van der Waals surface area contributed by atoms with Crippen molar-refractivity contribution in [2.24, 2.45) is 0 Å². The van der Waals surface area contributed by atoms with Crippen LogP contribution in [0.2, 0.25) is 0 Å². The van der Waals surface area contributed by atoms with E-state index in [9.17, 15) is 9.90 Å². The van der Waals surface area contributed by atoms with E-state index in [1.807, 2.05) is 0 Å². The molecule has 14 heavy (non-hydrogen) atoms. The van der Waals surface area contributed by atoms with Crippen LogP contribution in [0.4, 0.5) is 0 Å². The highest BCUT2D eigenvalue weighted by atomic mass is 16.3. The second-order valence-electron chi connectivity index (χ2n) is 3.85. The molecule has 1 N–H and O–H groups in total. The zero-order valence-electron chi connectivity index (χ0n) is 8.65. The average molecular weight is 197 g/mol. The van der Waals surface area contributed by atoms with E-state index in [4.69, 9.17) is 4.42 Å². The van der Waals surface area contributed by atoms with Gasteiger partial charge >= 0.3 is 0 Å². The van der Waals surface area contributed by atoms with Crippen molar-refractivity contribution >= 4 is 5.91 Å². The van der Waals surface area contributed by atoms with Crippen LogP contribution in [-0.4, -0.2) is 28.6 Å². The van der Waals surface area contributed by atoms with Crippen LogP contribution in [0, 0.1) is 0 Å². The molecule has 1 aromatic rings. The summed E-state index contributed by atoms with van der Waals surface area (Å²) in [6.07, 6.45) is 3.13. The molecular formula is C10H15NO3. The zero-order chi connectivity index (χ0) is 10.8. The van der Waals surface area contributed by atoms with Crippen molar-refractivity contribution in [2.45, 2.75) is 26.0 Å². The highest BCUT2D eigenvalue weighted by molar-refractivity contribution is 5.83. The van der Waals surface area contributed by atoms with Gasteiger partial charge in [0, 0.05) is 19.2 Å². The fourth-order valence-corrected chi connectivity index (χ4v) is 1.20. The molecule has 0 aliphatic carbocycles. The van der Waals surface area contributed by atoms with Gasteiger partial charge in [0.2, 0.25) is 0 Å². The number of aliphatic hydroxyl groups is 1. The summed E-state index contributed by atoms with van der Waals surface area (Å²) in [7, 11) is 1.65. The summed E-state index contributed by atoms with van der Waals surface area (Å²) < 4.78 is 4.88. The van der Waals surface area contributed by atoms with Gasteiger partial charge < -0.3 is 14.4 Å². The minimum Gasteiger partial charge on any atom is -0.472 e. The lowest BCUT2D eigenvalue weighted by Gasteiger charge is -2.24. The minimum absolute atomic E-state index is 0.307. The first-order chi connectivity index (χ1) is 6.41. The smallest absolute Gasteiger partial charge is 0.253 e. The number of likely N-dealkylation sites (N-methyl/N-ethyl adjacent to an activating group) is 1. The lowest BCUT2D eigenvalue weighted by molar-refractivity contribution is -0.146. The van der Waals surface area contributed by atoms with Crippen LogP contribution in [0.15, 0.2) is 23.0 Å². The fourth-order valence-electron chi connectivity index (χ4n) is 1.20. The molecule has 0 radical (unpaired) electrons. The first-order valence-electron chi connectivity index (χ1n) is 4.40. The molecule has 0 fully saturated rings. The Kier molecular flexibility index (Phi) is 2.96. The molecule has 1 rings (SSSR count). The Balaban J connectivity index is 2.59. The van der Waals surface area contributed by atoms with Crippen molar-refractivity contribution in [2.75, 3.05) is 7.05 Å². The van der Waals surface area contributed by atoms with Crippen molar-refractivity contribution < 1.29 is 14.3 Å². The van der Waals surface area contributed by atoms with Crippen LogP contribution in [0.3, 0.4) is 0 Å². The van der Waals surface area contributed by atoms with Crippen molar-refractivity contribution in [1.29, 1.82) is 0 Å². The number of hydrogen-bond donors (Lipinski definition) is 1. The molecule has 1 heterocycles. The standard InChI is InChI=1S/C10H15NO3/c1-10(2,13)9(12)11(3)6-8-4-5-14-7-8/h4-5,7,13H,6H2,1-3H3.